The van der Waals surface area contributed by atoms with E-state index in [0.29, 0.717) is 43.2 Å². The number of hydrogen-bond donors (Lipinski definition) is 2. The van der Waals surface area contributed by atoms with E-state index >= 15 is 0 Å². The van der Waals surface area contributed by atoms with Crippen molar-refractivity contribution in [2.45, 2.75) is 53.1 Å². The number of aryl methyl sites for hydroxylation is 4. The molecule has 0 bridgehead atoms. The third kappa shape index (κ3) is 5.12. The first-order valence-corrected chi connectivity index (χ1v) is 12.4. The molecule has 0 saturated heterocycles. The second-order valence-electron chi connectivity index (χ2n) is 9.59. The lowest BCUT2D eigenvalue weighted by molar-refractivity contribution is 0.248. The molecule has 4 rings (SSSR count). The molecule has 2 amide bonds. The molecular formula is C28H35N5O4. The van der Waals surface area contributed by atoms with Gasteiger partial charge in [-0.15, -0.1) is 0 Å². The zero-order chi connectivity index (χ0) is 26.9. The van der Waals surface area contributed by atoms with Gasteiger partial charge in [-0.05, 0) is 69.4 Å². The van der Waals surface area contributed by atoms with Crippen LogP contribution in [0.5, 0.6) is 11.5 Å². The minimum Gasteiger partial charge on any atom is -0.493 e. The third-order valence-electron chi connectivity index (χ3n) is 6.91. The number of anilines is 2. The Balaban J connectivity index is 1.89. The van der Waals surface area contributed by atoms with Gasteiger partial charge in [0.2, 0.25) is 0 Å². The number of benzene rings is 2. The number of hydrogen-bond acceptors (Lipinski definition) is 6. The molecule has 1 aliphatic rings. The standard InChI is InChI=1S/C28H35N5O4/c1-16-11-17(2)26(18(3)12-16)33(19(4)7-9-30-27(29)34)25-15-22-21-14-24(37-6)23(36-5)13-20(21)8-10-32(22)28(35)31-25/h11-15,19H,7-10H2,1-6H3,(H3,29,30,34). The first-order chi connectivity index (χ1) is 17.6. The topological polar surface area (TPSA) is 112 Å². The number of primary amides is 1. The quantitative estimate of drug-likeness (QED) is 0.479. The molecule has 2 heterocycles. The summed E-state index contributed by atoms with van der Waals surface area (Å²) < 4.78 is 12.8. The van der Waals surface area contributed by atoms with E-state index in [1.165, 1.54) is 0 Å². The fraction of sp³-hybridized carbons (Fsp3) is 0.393. The van der Waals surface area contributed by atoms with Crippen LogP contribution in [-0.4, -0.2) is 42.4 Å². The fourth-order valence-electron chi connectivity index (χ4n) is 5.30. The minimum absolute atomic E-state index is 0.0876. The van der Waals surface area contributed by atoms with Gasteiger partial charge in [-0.3, -0.25) is 4.57 Å². The summed E-state index contributed by atoms with van der Waals surface area (Å²) in [4.78, 5) is 31.3. The summed E-state index contributed by atoms with van der Waals surface area (Å²) in [7, 11) is 3.22. The molecule has 0 radical (unpaired) electrons. The molecular weight excluding hydrogens is 470 g/mol. The largest absolute Gasteiger partial charge is 0.493 e. The molecule has 0 fully saturated rings. The van der Waals surface area contributed by atoms with E-state index in [1.807, 2.05) is 18.2 Å². The second-order valence-corrected chi connectivity index (χ2v) is 9.59. The number of amides is 2. The lowest BCUT2D eigenvalue weighted by Gasteiger charge is -2.34. The SMILES string of the molecule is COc1cc2c(cc1OC)-c1cc(N(c3c(C)cc(C)cc3C)C(C)CCNC(N)=O)nc(=O)n1CC2. The van der Waals surface area contributed by atoms with Crippen molar-refractivity contribution >= 4 is 17.5 Å². The number of urea groups is 1. The lowest BCUT2D eigenvalue weighted by Crippen LogP contribution is -2.38. The maximum Gasteiger partial charge on any atom is 0.350 e. The number of fused-ring (bicyclic) bond motifs is 3. The van der Waals surface area contributed by atoms with E-state index in [-0.39, 0.29) is 11.7 Å². The lowest BCUT2D eigenvalue weighted by atomic mass is 9.96. The van der Waals surface area contributed by atoms with Gasteiger partial charge in [-0.1, -0.05) is 17.7 Å². The van der Waals surface area contributed by atoms with Gasteiger partial charge in [0.1, 0.15) is 5.82 Å². The molecule has 3 aromatic rings. The number of rotatable bonds is 8. The summed E-state index contributed by atoms with van der Waals surface area (Å²) in [5.41, 5.74) is 12.1. The van der Waals surface area contributed by atoms with Crippen molar-refractivity contribution in [3.63, 3.8) is 0 Å². The Kier molecular flexibility index (Phi) is 7.42. The third-order valence-corrected chi connectivity index (χ3v) is 6.91. The van der Waals surface area contributed by atoms with Gasteiger partial charge in [0.25, 0.3) is 0 Å². The van der Waals surface area contributed by atoms with Crippen molar-refractivity contribution in [2.24, 2.45) is 5.73 Å². The molecule has 1 aliphatic heterocycles. The van der Waals surface area contributed by atoms with Crippen molar-refractivity contribution < 1.29 is 14.3 Å². The highest BCUT2D eigenvalue weighted by molar-refractivity contribution is 5.75. The van der Waals surface area contributed by atoms with E-state index < -0.39 is 6.03 Å². The summed E-state index contributed by atoms with van der Waals surface area (Å²) in [5, 5.41) is 2.67. The van der Waals surface area contributed by atoms with Gasteiger partial charge in [0.05, 0.1) is 19.9 Å². The highest BCUT2D eigenvalue weighted by Crippen LogP contribution is 2.40. The van der Waals surface area contributed by atoms with E-state index in [2.05, 4.69) is 55.0 Å². The molecule has 1 atom stereocenters. The van der Waals surface area contributed by atoms with Crippen LogP contribution >= 0.6 is 0 Å². The van der Waals surface area contributed by atoms with Crippen molar-refractivity contribution in [3.8, 4) is 22.8 Å². The summed E-state index contributed by atoms with van der Waals surface area (Å²) in [6, 6.07) is 9.48. The first kappa shape index (κ1) is 26.1. The molecule has 1 unspecified atom stereocenters. The zero-order valence-corrected chi connectivity index (χ0v) is 22.3. The van der Waals surface area contributed by atoms with Crippen molar-refractivity contribution in [2.75, 3.05) is 25.7 Å². The van der Waals surface area contributed by atoms with Crippen LogP contribution in [0, 0.1) is 20.8 Å². The second kappa shape index (κ2) is 10.5. The average Bonchev–Trinajstić information content (AvgIpc) is 2.84. The number of methoxy groups -OCH3 is 2. The number of nitrogens with one attached hydrogen (secondary N) is 1. The number of ether oxygens (including phenoxy) is 2. The van der Waals surface area contributed by atoms with E-state index in [9.17, 15) is 9.59 Å². The van der Waals surface area contributed by atoms with Crippen LogP contribution in [0.2, 0.25) is 0 Å². The Morgan fingerprint density at radius 3 is 2.38 bits per heavy atom. The van der Waals surface area contributed by atoms with Gasteiger partial charge in [-0.2, -0.15) is 4.98 Å². The molecule has 1 aromatic heterocycles. The van der Waals surface area contributed by atoms with Crippen molar-refractivity contribution in [1.82, 2.24) is 14.9 Å². The van der Waals surface area contributed by atoms with E-state index in [0.717, 1.165) is 39.2 Å². The molecule has 196 valence electrons. The predicted molar refractivity (Wildman–Crippen MR) is 145 cm³/mol. The smallest absolute Gasteiger partial charge is 0.350 e. The monoisotopic (exact) mass is 505 g/mol. The summed E-state index contributed by atoms with van der Waals surface area (Å²) >= 11 is 0. The molecule has 3 N–H and O–H groups in total. The van der Waals surface area contributed by atoms with Gasteiger partial charge < -0.3 is 25.4 Å². The highest BCUT2D eigenvalue weighted by atomic mass is 16.5. The minimum atomic E-state index is -0.562. The van der Waals surface area contributed by atoms with Crippen LogP contribution < -0.4 is 31.1 Å². The van der Waals surface area contributed by atoms with E-state index in [1.54, 1.807) is 18.8 Å². The van der Waals surface area contributed by atoms with Gasteiger partial charge in [0.15, 0.2) is 11.5 Å². The Morgan fingerprint density at radius 1 is 1.11 bits per heavy atom. The highest BCUT2D eigenvalue weighted by Gasteiger charge is 2.27. The van der Waals surface area contributed by atoms with Crippen molar-refractivity contribution in [1.29, 1.82) is 0 Å². The summed E-state index contributed by atoms with van der Waals surface area (Å²) in [6.07, 6.45) is 1.30. The van der Waals surface area contributed by atoms with Gasteiger partial charge in [0, 0.05) is 36.4 Å². The van der Waals surface area contributed by atoms with Crippen LogP contribution in [0.15, 0.2) is 35.1 Å². The molecule has 9 heteroatoms. The summed E-state index contributed by atoms with van der Waals surface area (Å²) in [5.74, 6) is 1.82. The average molecular weight is 506 g/mol. The van der Waals surface area contributed by atoms with Crippen LogP contribution in [0.3, 0.4) is 0 Å². The number of carbonyl (C=O) groups excluding carboxylic acids is 1. The van der Waals surface area contributed by atoms with Crippen LogP contribution in [0.25, 0.3) is 11.3 Å². The molecule has 9 nitrogen and oxygen atoms in total. The Labute approximate surface area is 217 Å². The molecule has 0 saturated carbocycles. The molecule has 37 heavy (non-hydrogen) atoms. The molecule has 0 aliphatic carbocycles. The van der Waals surface area contributed by atoms with Gasteiger partial charge in [-0.25, -0.2) is 9.59 Å². The number of nitrogens with zero attached hydrogens (tertiary/aromatic N) is 3. The first-order valence-electron chi connectivity index (χ1n) is 12.4. The number of aromatic nitrogens is 2. The van der Waals surface area contributed by atoms with Crippen LogP contribution in [0.4, 0.5) is 16.3 Å². The van der Waals surface area contributed by atoms with E-state index in [4.69, 9.17) is 15.2 Å². The molecule has 2 aromatic carbocycles. The molecule has 0 spiro atoms. The van der Waals surface area contributed by atoms with Crippen molar-refractivity contribution in [3.05, 3.63) is 63.1 Å². The fourth-order valence-corrected chi connectivity index (χ4v) is 5.30. The Bertz CT molecular complexity index is 1380. The van der Waals surface area contributed by atoms with Crippen LogP contribution in [0.1, 0.15) is 35.6 Å². The maximum absolute atomic E-state index is 13.4. The Hall–Kier alpha value is -4.01. The normalized spacial score (nSPS) is 12.8. The van der Waals surface area contributed by atoms with Gasteiger partial charge >= 0.3 is 11.7 Å². The number of nitrogens with two attached hydrogens (primary N) is 1. The summed E-state index contributed by atoms with van der Waals surface area (Å²) in [6.45, 7) is 9.19. The number of carbonyl (C=O) groups is 1. The predicted octanol–water partition coefficient (Wildman–Crippen LogP) is 3.99. The Morgan fingerprint density at radius 2 is 1.76 bits per heavy atom. The van der Waals surface area contributed by atoms with Crippen LogP contribution in [-0.2, 0) is 13.0 Å². The maximum atomic E-state index is 13.4. The zero-order valence-electron chi connectivity index (χ0n) is 22.3.